The van der Waals surface area contributed by atoms with Crippen LogP contribution in [0.15, 0.2) is 12.1 Å². The summed E-state index contributed by atoms with van der Waals surface area (Å²) >= 11 is 6.16. The molecule has 16 heavy (non-hydrogen) atoms. The van der Waals surface area contributed by atoms with Crippen molar-refractivity contribution in [2.45, 2.75) is 25.7 Å². The number of benzene rings is 1. The first-order valence-corrected chi connectivity index (χ1v) is 5.72. The minimum Gasteiger partial charge on any atom is -0.481 e. The van der Waals surface area contributed by atoms with Crippen molar-refractivity contribution in [3.05, 3.63) is 28.3 Å². The first-order chi connectivity index (χ1) is 7.59. The third kappa shape index (κ3) is 2.00. The Morgan fingerprint density at radius 1 is 1.62 bits per heavy atom. The number of hydrogen-bond acceptors (Lipinski definition) is 2. The maximum atomic E-state index is 10.6. The fourth-order valence-electron chi connectivity index (χ4n) is 2.21. The second-order valence-electron chi connectivity index (χ2n) is 4.16. The number of nitrogens with one attached hydrogen (secondary N) is 1. The summed E-state index contributed by atoms with van der Waals surface area (Å²) in [6.07, 6.45) is 0.828. The van der Waals surface area contributed by atoms with Gasteiger partial charge in [-0.05, 0) is 30.5 Å². The van der Waals surface area contributed by atoms with E-state index in [4.69, 9.17) is 16.7 Å². The van der Waals surface area contributed by atoms with Gasteiger partial charge in [-0.1, -0.05) is 17.7 Å². The lowest BCUT2D eigenvalue weighted by Gasteiger charge is -2.10. The molecule has 1 atom stereocenters. The van der Waals surface area contributed by atoms with Gasteiger partial charge in [0.15, 0.2) is 0 Å². The maximum Gasteiger partial charge on any atom is 0.303 e. The van der Waals surface area contributed by atoms with Crippen LogP contribution >= 0.6 is 11.6 Å². The zero-order valence-electron chi connectivity index (χ0n) is 9.09. The molecule has 1 aromatic carbocycles. The molecule has 0 fully saturated rings. The number of aryl methyl sites for hydroxylation is 1. The molecule has 0 saturated heterocycles. The standard InChI is InChI=1S/C12H14ClNO2/c1-7-2-4-9(13)11-8(3-5-10(15)16)6-14-12(7)11/h2,4,8,14H,3,5-6H2,1H3,(H,15,16). The fourth-order valence-corrected chi connectivity index (χ4v) is 2.52. The van der Waals surface area contributed by atoms with Crippen molar-refractivity contribution in [3.8, 4) is 0 Å². The number of carboxylic acids is 1. The molecular formula is C12H14ClNO2. The van der Waals surface area contributed by atoms with Gasteiger partial charge in [0.05, 0.1) is 0 Å². The van der Waals surface area contributed by atoms with Crippen LogP contribution in [0.4, 0.5) is 5.69 Å². The molecule has 1 aliphatic heterocycles. The van der Waals surface area contributed by atoms with E-state index in [-0.39, 0.29) is 12.3 Å². The molecular weight excluding hydrogens is 226 g/mol. The van der Waals surface area contributed by atoms with Crippen molar-refractivity contribution in [1.29, 1.82) is 0 Å². The summed E-state index contributed by atoms with van der Waals surface area (Å²) in [7, 11) is 0. The molecule has 3 nitrogen and oxygen atoms in total. The van der Waals surface area contributed by atoms with Crippen molar-refractivity contribution < 1.29 is 9.90 Å². The Morgan fingerprint density at radius 3 is 3.06 bits per heavy atom. The first-order valence-electron chi connectivity index (χ1n) is 5.34. The summed E-state index contributed by atoms with van der Waals surface area (Å²) in [6.45, 7) is 2.81. The van der Waals surface area contributed by atoms with Gasteiger partial charge in [-0.3, -0.25) is 4.79 Å². The second kappa shape index (κ2) is 4.34. The van der Waals surface area contributed by atoms with Crippen molar-refractivity contribution in [2.75, 3.05) is 11.9 Å². The minimum absolute atomic E-state index is 0.191. The number of aliphatic carboxylic acids is 1. The van der Waals surface area contributed by atoms with Crippen molar-refractivity contribution in [1.82, 2.24) is 0 Å². The summed E-state index contributed by atoms with van der Waals surface area (Å²) in [4.78, 5) is 10.6. The van der Waals surface area contributed by atoms with E-state index < -0.39 is 5.97 Å². The van der Waals surface area contributed by atoms with Gasteiger partial charge in [0.1, 0.15) is 0 Å². The first kappa shape index (κ1) is 11.3. The van der Waals surface area contributed by atoms with Crippen LogP contribution in [0, 0.1) is 6.92 Å². The zero-order valence-corrected chi connectivity index (χ0v) is 9.84. The average molecular weight is 240 g/mol. The topological polar surface area (TPSA) is 49.3 Å². The second-order valence-corrected chi connectivity index (χ2v) is 4.57. The van der Waals surface area contributed by atoms with E-state index in [0.29, 0.717) is 6.42 Å². The van der Waals surface area contributed by atoms with Crippen LogP contribution in [-0.2, 0) is 4.79 Å². The lowest BCUT2D eigenvalue weighted by Crippen LogP contribution is -2.05. The monoisotopic (exact) mass is 239 g/mol. The molecule has 2 rings (SSSR count). The van der Waals surface area contributed by atoms with E-state index in [1.807, 2.05) is 19.1 Å². The molecule has 0 aliphatic carbocycles. The highest BCUT2D eigenvalue weighted by molar-refractivity contribution is 6.32. The van der Waals surface area contributed by atoms with Crippen LogP contribution in [0.25, 0.3) is 0 Å². The molecule has 0 saturated carbocycles. The van der Waals surface area contributed by atoms with Crippen LogP contribution in [0.1, 0.15) is 29.9 Å². The van der Waals surface area contributed by atoms with Crippen molar-refractivity contribution in [2.24, 2.45) is 0 Å². The average Bonchev–Trinajstić information content (AvgIpc) is 2.65. The Kier molecular flexibility index (Phi) is 3.06. The Labute approximate surface area is 99.4 Å². The minimum atomic E-state index is -0.753. The summed E-state index contributed by atoms with van der Waals surface area (Å²) in [6, 6.07) is 3.87. The number of carboxylic acid groups (broad SMARTS) is 1. The normalized spacial score (nSPS) is 18.0. The zero-order chi connectivity index (χ0) is 11.7. The number of halogens is 1. The molecule has 0 radical (unpaired) electrons. The summed E-state index contributed by atoms with van der Waals surface area (Å²) in [5, 5.41) is 12.7. The molecule has 4 heteroatoms. The summed E-state index contributed by atoms with van der Waals surface area (Å²) in [5.74, 6) is -0.532. The molecule has 0 aromatic heterocycles. The highest BCUT2D eigenvalue weighted by Crippen LogP contribution is 2.41. The van der Waals surface area contributed by atoms with E-state index >= 15 is 0 Å². The molecule has 1 unspecified atom stereocenters. The molecule has 0 spiro atoms. The smallest absolute Gasteiger partial charge is 0.303 e. The lowest BCUT2D eigenvalue weighted by atomic mass is 9.95. The van der Waals surface area contributed by atoms with E-state index in [9.17, 15) is 4.79 Å². The van der Waals surface area contributed by atoms with Crippen molar-refractivity contribution in [3.63, 3.8) is 0 Å². The Morgan fingerprint density at radius 2 is 2.38 bits per heavy atom. The number of hydrogen-bond donors (Lipinski definition) is 2. The SMILES string of the molecule is Cc1ccc(Cl)c2c1NCC2CCC(=O)O. The molecule has 1 heterocycles. The van der Waals surface area contributed by atoms with Crippen LogP contribution in [0.2, 0.25) is 5.02 Å². The maximum absolute atomic E-state index is 10.6. The van der Waals surface area contributed by atoms with Gasteiger partial charge in [-0.2, -0.15) is 0 Å². The van der Waals surface area contributed by atoms with Gasteiger partial charge >= 0.3 is 5.97 Å². The molecule has 2 N–H and O–H groups in total. The predicted octanol–water partition coefficient (Wildman–Crippen LogP) is 3.02. The lowest BCUT2D eigenvalue weighted by molar-refractivity contribution is -0.137. The third-order valence-corrected chi connectivity index (χ3v) is 3.37. The number of carbonyl (C=O) groups is 1. The van der Waals surface area contributed by atoms with Gasteiger partial charge in [0.2, 0.25) is 0 Å². The Hall–Kier alpha value is -1.22. The van der Waals surface area contributed by atoms with Crippen LogP contribution in [-0.4, -0.2) is 17.6 Å². The summed E-state index contributed by atoms with van der Waals surface area (Å²) in [5.41, 5.74) is 3.34. The highest BCUT2D eigenvalue weighted by Gasteiger charge is 2.26. The molecule has 0 bridgehead atoms. The third-order valence-electron chi connectivity index (χ3n) is 3.04. The predicted molar refractivity (Wildman–Crippen MR) is 64.3 cm³/mol. The summed E-state index contributed by atoms with van der Waals surface area (Å²) < 4.78 is 0. The fraction of sp³-hybridized carbons (Fsp3) is 0.417. The van der Waals surface area contributed by atoms with Gasteiger partial charge in [-0.15, -0.1) is 0 Å². The number of anilines is 1. The van der Waals surface area contributed by atoms with E-state index in [1.165, 1.54) is 0 Å². The molecule has 1 aliphatic rings. The highest BCUT2D eigenvalue weighted by atomic mass is 35.5. The largest absolute Gasteiger partial charge is 0.481 e. The van der Waals surface area contributed by atoms with Crippen LogP contribution < -0.4 is 5.32 Å². The Balaban J connectivity index is 2.25. The van der Waals surface area contributed by atoms with E-state index in [1.54, 1.807) is 0 Å². The van der Waals surface area contributed by atoms with Gasteiger partial charge in [0, 0.05) is 29.6 Å². The van der Waals surface area contributed by atoms with E-state index in [0.717, 1.165) is 28.4 Å². The van der Waals surface area contributed by atoms with Crippen LogP contribution in [0.5, 0.6) is 0 Å². The van der Waals surface area contributed by atoms with E-state index in [2.05, 4.69) is 5.32 Å². The number of fused-ring (bicyclic) bond motifs is 1. The quantitative estimate of drug-likeness (QED) is 0.853. The van der Waals surface area contributed by atoms with Crippen molar-refractivity contribution >= 4 is 23.3 Å². The molecule has 0 amide bonds. The van der Waals surface area contributed by atoms with Gasteiger partial charge < -0.3 is 10.4 Å². The Bertz CT molecular complexity index is 431. The van der Waals surface area contributed by atoms with Gasteiger partial charge in [0.25, 0.3) is 0 Å². The number of rotatable bonds is 3. The van der Waals surface area contributed by atoms with Crippen LogP contribution in [0.3, 0.4) is 0 Å². The van der Waals surface area contributed by atoms with Gasteiger partial charge in [-0.25, -0.2) is 0 Å². The molecule has 1 aromatic rings. The molecule has 86 valence electrons.